The standard InChI is InChI=1S/C12H22N2O2/c1-11(2)4-3-5-12(11,10(15)16)14-8-6-13-7-9-14/h13H,3-9H2,1-2H3,(H,15,16). The first kappa shape index (κ1) is 11.9. The number of carboxylic acid groups (broad SMARTS) is 1. The predicted octanol–water partition coefficient (Wildman–Crippen LogP) is 0.925. The van der Waals surface area contributed by atoms with Crippen molar-refractivity contribution in [2.75, 3.05) is 26.2 Å². The van der Waals surface area contributed by atoms with E-state index in [1.54, 1.807) is 0 Å². The Labute approximate surface area is 97.0 Å². The Bertz CT molecular complexity index is 285. The lowest BCUT2D eigenvalue weighted by molar-refractivity contribution is -0.159. The van der Waals surface area contributed by atoms with Gasteiger partial charge in [-0.2, -0.15) is 0 Å². The second kappa shape index (κ2) is 4.00. The summed E-state index contributed by atoms with van der Waals surface area (Å²) in [6, 6.07) is 0. The molecule has 92 valence electrons. The smallest absolute Gasteiger partial charge is 0.324 e. The van der Waals surface area contributed by atoms with Gasteiger partial charge in [0, 0.05) is 26.2 Å². The summed E-state index contributed by atoms with van der Waals surface area (Å²) in [7, 11) is 0. The van der Waals surface area contributed by atoms with E-state index < -0.39 is 11.5 Å². The summed E-state index contributed by atoms with van der Waals surface area (Å²) in [5, 5.41) is 13.0. The summed E-state index contributed by atoms with van der Waals surface area (Å²) in [6.45, 7) is 7.74. The van der Waals surface area contributed by atoms with Crippen LogP contribution in [0.2, 0.25) is 0 Å². The summed E-state index contributed by atoms with van der Waals surface area (Å²) >= 11 is 0. The first-order valence-corrected chi connectivity index (χ1v) is 6.20. The first-order valence-electron chi connectivity index (χ1n) is 6.20. The molecule has 2 rings (SSSR count). The quantitative estimate of drug-likeness (QED) is 0.735. The molecule has 0 bridgehead atoms. The molecule has 1 unspecified atom stereocenters. The maximum Gasteiger partial charge on any atom is 0.324 e. The van der Waals surface area contributed by atoms with Gasteiger partial charge in [0.1, 0.15) is 5.54 Å². The van der Waals surface area contributed by atoms with Crippen molar-refractivity contribution in [3.8, 4) is 0 Å². The summed E-state index contributed by atoms with van der Waals surface area (Å²) in [4.78, 5) is 14.0. The van der Waals surface area contributed by atoms with Crippen LogP contribution in [0.25, 0.3) is 0 Å². The van der Waals surface area contributed by atoms with Crippen LogP contribution in [-0.4, -0.2) is 47.7 Å². The van der Waals surface area contributed by atoms with Crippen molar-refractivity contribution in [2.24, 2.45) is 5.41 Å². The van der Waals surface area contributed by atoms with Crippen LogP contribution in [0.3, 0.4) is 0 Å². The van der Waals surface area contributed by atoms with Gasteiger partial charge in [0.05, 0.1) is 0 Å². The minimum absolute atomic E-state index is 0.115. The maximum atomic E-state index is 11.8. The summed E-state index contributed by atoms with van der Waals surface area (Å²) in [5.74, 6) is -0.628. The molecular formula is C12H22N2O2. The maximum absolute atomic E-state index is 11.8. The Kier molecular flexibility index (Phi) is 2.97. The number of rotatable bonds is 2. The zero-order valence-electron chi connectivity index (χ0n) is 10.3. The van der Waals surface area contributed by atoms with Crippen LogP contribution in [-0.2, 0) is 4.79 Å². The molecule has 0 radical (unpaired) electrons. The lowest BCUT2D eigenvalue weighted by Gasteiger charge is -2.48. The van der Waals surface area contributed by atoms with Gasteiger partial charge in [0.25, 0.3) is 0 Å². The fourth-order valence-electron chi connectivity index (χ4n) is 3.50. The van der Waals surface area contributed by atoms with Gasteiger partial charge in [0.15, 0.2) is 0 Å². The highest BCUT2D eigenvalue weighted by Crippen LogP contribution is 2.49. The molecule has 16 heavy (non-hydrogen) atoms. The number of aliphatic carboxylic acids is 1. The largest absolute Gasteiger partial charge is 0.480 e. The van der Waals surface area contributed by atoms with Crippen molar-refractivity contribution < 1.29 is 9.90 Å². The average Bonchev–Trinajstić information content (AvgIpc) is 2.56. The van der Waals surface area contributed by atoms with Crippen LogP contribution >= 0.6 is 0 Å². The van der Waals surface area contributed by atoms with Gasteiger partial charge in [-0.15, -0.1) is 0 Å². The minimum atomic E-state index is -0.630. The van der Waals surface area contributed by atoms with Gasteiger partial charge < -0.3 is 10.4 Å². The molecule has 2 fully saturated rings. The normalized spacial score (nSPS) is 35.1. The van der Waals surface area contributed by atoms with Crippen molar-refractivity contribution in [1.29, 1.82) is 0 Å². The molecule has 1 saturated heterocycles. The molecule has 1 atom stereocenters. The molecule has 0 spiro atoms. The van der Waals surface area contributed by atoms with Gasteiger partial charge in [-0.1, -0.05) is 20.3 Å². The minimum Gasteiger partial charge on any atom is -0.480 e. The first-order chi connectivity index (χ1) is 7.51. The van der Waals surface area contributed by atoms with Crippen LogP contribution in [0.4, 0.5) is 0 Å². The summed E-state index contributed by atoms with van der Waals surface area (Å²) < 4.78 is 0. The third kappa shape index (κ3) is 1.55. The van der Waals surface area contributed by atoms with Crippen molar-refractivity contribution in [1.82, 2.24) is 10.2 Å². The van der Waals surface area contributed by atoms with E-state index in [9.17, 15) is 9.90 Å². The number of piperazine rings is 1. The molecule has 1 aliphatic heterocycles. The van der Waals surface area contributed by atoms with Crippen molar-refractivity contribution >= 4 is 5.97 Å². The monoisotopic (exact) mass is 226 g/mol. The summed E-state index contributed by atoms with van der Waals surface area (Å²) in [6.07, 6.45) is 2.85. The predicted molar refractivity (Wildman–Crippen MR) is 62.4 cm³/mol. The molecule has 0 aromatic carbocycles. The summed E-state index contributed by atoms with van der Waals surface area (Å²) in [5.41, 5.74) is -0.745. The van der Waals surface area contributed by atoms with E-state index in [-0.39, 0.29) is 5.41 Å². The molecular weight excluding hydrogens is 204 g/mol. The van der Waals surface area contributed by atoms with E-state index in [0.717, 1.165) is 45.4 Å². The highest BCUT2D eigenvalue weighted by molar-refractivity contribution is 5.80. The van der Waals surface area contributed by atoms with Crippen molar-refractivity contribution in [3.63, 3.8) is 0 Å². The van der Waals surface area contributed by atoms with Crippen molar-refractivity contribution in [3.05, 3.63) is 0 Å². The molecule has 0 aromatic rings. The van der Waals surface area contributed by atoms with E-state index >= 15 is 0 Å². The molecule has 4 heteroatoms. The molecule has 1 saturated carbocycles. The molecule has 2 N–H and O–H groups in total. The Morgan fingerprint density at radius 2 is 1.88 bits per heavy atom. The van der Waals surface area contributed by atoms with E-state index in [1.807, 2.05) is 0 Å². The van der Waals surface area contributed by atoms with Gasteiger partial charge >= 0.3 is 5.97 Å². The third-order valence-corrected chi connectivity index (χ3v) is 4.47. The van der Waals surface area contributed by atoms with Gasteiger partial charge in [-0.05, 0) is 18.3 Å². The SMILES string of the molecule is CC1(C)CCCC1(C(=O)O)N1CCNCC1. The topological polar surface area (TPSA) is 52.6 Å². The zero-order valence-corrected chi connectivity index (χ0v) is 10.3. The molecule has 0 aromatic heterocycles. The van der Waals surface area contributed by atoms with Crippen LogP contribution in [0.1, 0.15) is 33.1 Å². The average molecular weight is 226 g/mol. The lowest BCUT2D eigenvalue weighted by Crippen LogP contribution is -2.64. The number of hydrogen-bond acceptors (Lipinski definition) is 3. The van der Waals surface area contributed by atoms with E-state index in [0.29, 0.717) is 0 Å². The second-order valence-corrected chi connectivity index (χ2v) is 5.64. The van der Waals surface area contributed by atoms with Gasteiger partial charge in [0.2, 0.25) is 0 Å². The highest BCUT2D eigenvalue weighted by Gasteiger charge is 2.58. The fourth-order valence-corrected chi connectivity index (χ4v) is 3.50. The molecule has 1 heterocycles. The number of nitrogens with one attached hydrogen (secondary N) is 1. The third-order valence-electron chi connectivity index (χ3n) is 4.47. The Balaban J connectivity index is 2.31. The number of hydrogen-bond donors (Lipinski definition) is 2. The van der Waals surface area contributed by atoms with E-state index in [4.69, 9.17) is 0 Å². The van der Waals surface area contributed by atoms with Gasteiger partial charge in [-0.25, -0.2) is 0 Å². The molecule has 0 amide bonds. The number of carboxylic acids is 1. The number of nitrogens with zero attached hydrogens (tertiary/aromatic N) is 1. The highest BCUT2D eigenvalue weighted by atomic mass is 16.4. The zero-order chi connectivity index (χ0) is 11.8. The molecule has 1 aliphatic carbocycles. The van der Waals surface area contributed by atoms with Crippen LogP contribution in [0.5, 0.6) is 0 Å². The van der Waals surface area contributed by atoms with E-state index in [1.165, 1.54) is 0 Å². The molecule has 2 aliphatic rings. The van der Waals surface area contributed by atoms with Crippen molar-refractivity contribution in [2.45, 2.75) is 38.6 Å². The lowest BCUT2D eigenvalue weighted by atomic mass is 9.73. The van der Waals surface area contributed by atoms with Crippen LogP contribution in [0, 0.1) is 5.41 Å². The van der Waals surface area contributed by atoms with E-state index in [2.05, 4.69) is 24.1 Å². The van der Waals surface area contributed by atoms with Gasteiger partial charge in [-0.3, -0.25) is 9.69 Å². The van der Waals surface area contributed by atoms with Crippen LogP contribution < -0.4 is 5.32 Å². The number of carbonyl (C=O) groups is 1. The second-order valence-electron chi connectivity index (χ2n) is 5.64. The van der Waals surface area contributed by atoms with Crippen LogP contribution in [0.15, 0.2) is 0 Å². The molecule has 4 nitrogen and oxygen atoms in total. The fraction of sp³-hybridized carbons (Fsp3) is 0.917. The Hall–Kier alpha value is -0.610. The Morgan fingerprint density at radius 1 is 1.25 bits per heavy atom. The Morgan fingerprint density at radius 3 is 2.31 bits per heavy atom.